The SMILES string of the molecule is CCCCC(=O)OCC1CCN(CC)CC1. The molecule has 16 heavy (non-hydrogen) atoms. The van der Waals surface area contributed by atoms with Crippen LogP contribution in [0.5, 0.6) is 0 Å². The summed E-state index contributed by atoms with van der Waals surface area (Å²) in [6, 6.07) is 0. The Hall–Kier alpha value is -0.570. The standard InChI is InChI=1S/C13H25NO2/c1-3-5-6-13(15)16-11-12-7-9-14(4-2)10-8-12/h12H,3-11H2,1-2H3. The van der Waals surface area contributed by atoms with Crippen molar-refractivity contribution in [3.05, 3.63) is 0 Å². The molecule has 0 saturated carbocycles. The maximum absolute atomic E-state index is 11.3. The van der Waals surface area contributed by atoms with Crippen molar-refractivity contribution in [3.63, 3.8) is 0 Å². The molecule has 0 spiro atoms. The number of esters is 1. The molecule has 0 radical (unpaired) electrons. The number of rotatable bonds is 6. The minimum atomic E-state index is -0.0141. The minimum absolute atomic E-state index is 0.0141. The van der Waals surface area contributed by atoms with E-state index in [0.29, 0.717) is 18.9 Å². The third kappa shape index (κ3) is 4.97. The maximum atomic E-state index is 11.3. The highest BCUT2D eigenvalue weighted by Gasteiger charge is 2.19. The van der Waals surface area contributed by atoms with Crippen molar-refractivity contribution in [3.8, 4) is 0 Å². The van der Waals surface area contributed by atoms with E-state index in [9.17, 15) is 4.79 Å². The van der Waals surface area contributed by atoms with Gasteiger partial charge in [-0.15, -0.1) is 0 Å². The number of unbranched alkanes of at least 4 members (excludes halogenated alkanes) is 1. The lowest BCUT2D eigenvalue weighted by molar-refractivity contribution is -0.145. The van der Waals surface area contributed by atoms with Gasteiger partial charge < -0.3 is 9.64 Å². The molecule has 1 rings (SSSR count). The number of carbonyl (C=O) groups is 1. The second-order valence-corrected chi connectivity index (χ2v) is 4.66. The third-order valence-electron chi connectivity index (χ3n) is 3.37. The van der Waals surface area contributed by atoms with Crippen molar-refractivity contribution in [2.45, 2.75) is 46.0 Å². The predicted molar refractivity (Wildman–Crippen MR) is 65.3 cm³/mol. The van der Waals surface area contributed by atoms with Gasteiger partial charge in [0.15, 0.2) is 0 Å². The number of hydrogen-bond donors (Lipinski definition) is 0. The highest BCUT2D eigenvalue weighted by atomic mass is 16.5. The fourth-order valence-electron chi connectivity index (χ4n) is 2.07. The molecule has 0 aromatic carbocycles. The maximum Gasteiger partial charge on any atom is 0.305 e. The highest BCUT2D eigenvalue weighted by Crippen LogP contribution is 2.17. The molecule has 0 amide bonds. The van der Waals surface area contributed by atoms with Crippen molar-refractivity contribution in [1.82, 2.24) is 4.90 Å². The van der Waals surface area contributed by atoms with Gasteiger partial charge in [0.25, 0.3) is 0 Å². The Bertz CT molecular complexity index is 198. The van der Waals surface area contributed by atoms with Crippen molar-refractivity contribution in [2.75, 3.05) is 26.2 Å². The van der Waals surface area contributed by atoms with Gasteiger partial charge in [0.1, 0.15) is 0 Å². The summed E-state index contributed by atoms with van der Waals surface area (Å²) in [6.45, 7) is 8.39. The third-order valence-corrected chi connectivity index (χ3v) is 3.37. The summed E-state index contributed by atoms with van der Waals surface area (Å²) in [5.41, 5.74) is 0. The van der Waals surface area contributed by atoms with Crippen LogP contribution in [0.15, 0.2) is 0 Å². The van der Waals surface area contributed by atoms with Crippen LogP contribution in [0.25, 0.3) is 0 Å². The lowest BCUT2D eigenvalue weighted by Gasteiger charge is -2.30. The number of carbonyl (C=O) groups excluding carboxylic acids is 1. The van der Waals surface area contributed by atoms with E-state index in [0.717, 1.165) is 32.5 Å². The number of likely N-dealkylation sites (tertiary alicyclic amines) is 1. The van der Waals surface area contributed by atoms with Gasteiger partial charge in [0.05, 0.1) is 6.61 Å². The number of piperidine rings is 1. The van der Waals surface area contributed by atoms with Crippen LogP contribution in [0.4, 0.5) is 0 Å². The molecule has 0 bridgehead atoms. The molecule has 1 saturated heterocycles. The molecule has 1 heterocycles. The number of ether oxygens (including phenoxy) is 1. The summed E-state index contributed by atoms with van der Waals surface area (Å²) in [4.78, 5) is 13.8. The Morgan fingerprint density at radius 1 is 1.31 bits per heavy atom. The summed E-state index contributed by atoms with van der Waals surface area (Å²) < 4.78 is 5.29. The van der Waals surface area contributed by atoms with Crippen molar-refractivity contribution >= 4 is 5.97 Å². The van der Waals surface area contributed by atoms with E-state index in [1.165, 1.54) is 12.8 Å². The van der Waals surface area contributed by atoms with E-state index in [1.54, 1.807) is 0 Å². The fourth-order valence-corrected chi connectivity index (χ4v) is 2.07. The van der Waals surface area contributed by atoms with Crippen LogP contribution in [0.1, 0.15) is 46.0 Å². The molecule has 1 aliphatic heterocycles. The second kappa shape index (κ2) is 7.66. The summed E-state index contributed by atoms with van der Waals surface area (Å²) in [6.07, 6.45) is 4.95. The molecular formula is C13H25NO2. The van der Waals surface area contributed by atoms with Gasteiger partial charge in [-0.2, -0.15) is 0 Å². The first-order valence-electron chi connectivity index (χ1n) is 6.64. The topological polar surface area (TPSA) is 29.5 Å². The fraction of sp³-hybridized carbons (Fsp3) is 0.923. The molecule has 1 aliphatic rings. The zero-order valence-electron chi connectivity index (χ0n) is 10.7. The van der Waals surface area contributed by atoms with Gasteiger partial charge in [-0.25, -0.2) is 0 Å². The zero-order valence-corrected chi connectivity index (χ0v) is 10.7. The van der Waals surface area contributed by atoms with Gasteiger partial charge >= 0.3 is 5.97 Å². The van der Waals surface area contributed by atoms with Gasteiger partial charge in [-0.05, 0) is 44.8 Å². The summed E-state index contributed by atoms with van der Waals surface area (Å²) in [5.74, 6) is 0.577. The molecule has 0 aromatic rings. The van der Waals surface area contributed by atoms with E-state index in [2.05, 4.69) is 18.7 Å². The summed E-state index contributed by atoms with van der Waals surface area (Å²) in [7, 11) is 0. The lowest BCUT2D eigenvalue weighted by atomic mass is 9.98. The van der Waals surface area contributed by atoms with Crippen LogP contribution < -0.4 is 0 Å². The second-order valence-electron chi connectivity index (χ2n) is 4.66. The Labute approximate surface area is 99.1 Å². The molecule has 94 valence electrons. The lowest BCUT2D eigenvalue weighted by Crippen LogP contribution is -2.35. The zero-order chi connectivity index (χ0) is 11.8. The normalized spacial score (nSPS) is 18.6. The smallest absolute Gasteiger partial charge is 0.305 e. The van der Waals surface area contributed by atoms with Crippen molar-refractivity contribution in [2.24, 2.45) is 5.92 Å². The first-order chi connectivity index (χ1) is 7.76. The monoisotopic (exact) mass is 227 g/mol. The van der Waals surface area contributed by atoms with Crippen LogP contribution in [0.2, 0.25) is 0 Å². The predicted octanol–water partition coefficient (Wildman–Crippen LogP) is 2.45. The molecule has 3 heteroatoms. The van der Waals surface area contributed by atoms with Crippen LogP contribution in [-0.4, -0.2) is 37.1 Å². The first-order valence-corrected chi connectivity index (χ1v) is 6.64. The quantitative estimate of drug-likeness (QED) is 0.653. The van der Waals surface area contributed by atoms with Crippen molar-refractivity contribution < 1.29 is 9.53 Å². The van der Waals surface area contributed by atoms with Crippen LogP contribution in [-0.2, 0) is 9.53 Å². The van der Waals surface area contributed by atoms with Gasteiger partial charge in [-0.1, -0.05) is 20.3 Å². The molecule has 0 N–H and O–H groups in total. The van der Waals surface area contributed by atoms with Gasteiger partial charge in [-0.3, -0.25) is 4.79 Å². The van der Waals surface area contributed by atoms with Crippen LogP contribution >= 0.6 is 0 Å². The summed E-state index contributed by atoms with van der Waals surface area (Å²) in [5, 5.41) is 0. The van der Waals surface area contributed by atoms with Crippen molar-refractivity contribution in [1.29, 1.82) is 0 Å². The molecule has 3 nitrogen and oxygen atoms in total. The summed E-state index contributed by atoms with van der Waals surface area (Å²) >= 11 is 0. The van der Waals surface area contributed by atoms with Crippen LogP contribution in [0, 0.1) is 5.92 Å². The molecular weight excluding hydrogens is 202 g/mol. The largest absolute Gasteiger partial charge is 0.465 e. The first kappa shape index (κ1) is 13.5. The van der Waals surface area contributed by atoms with E-state index < -0.39 is 0 Å². The van der Waals surface area contributed by atoms with Crippen LogP contribution in [0.3, 0.4) is 0 Å². The number of nitrogens with zero attached hydrogens (tertiary/aromatic N) is 1. The molecule has 0 aliphatic carbocycles. The Kier molecular flexibility index (Phi) is 6.46. The minimum Gasteiger partial charge on any atom is -0.465 e. The van der Waals surface area contributed by atoms with E-state index in [4.69, 9.17) is 4.74 Å². The van der Waals surface area contributed by atoms with Gasteiger partial charge in [0.2, 0.25) is 0 Å². The van der Waals surface area contributed by atoms with E-state index in [1.807, 2.05) is 0 Å². The van der Waals surface area contributed by atoms with E-state index >= 15 is 0 Å². The molecule has 0 atom stereocenters. The molecule has 0 unspecified atom stereocenters. The number of hydrogen-bond acceptors (Lipinski definition) is 3. The highest BCUT2D eigenvalue weighted by molar-refractivity contribution is 5.69. The Morgan fingerprint density at radius 3 is 2.56 bits per heavy atom. The molecule has 0 aromatic heterocycles. The Balaban J connectivity index is 2.07. The average molecular weight is 227 g/mol. The van der Waals surface area contributed by atoms with Gasteiger partial charge in [0, 0.05) is 6.42 Å². The molecule has 1 fully saturated rings. The average Bonchev–Trinajstić information content (AvgIpc) is 2.34. The van der Waals surface area contributed by atoms with E-state index in [-0.39, 0.29) is 5.97 Å². The Morgan fingerprint density at radius 2 is 2.00 bits per heavy atom.